The van der Waals surface area contributed by atoms with Crippen LogP contribution >= 0.6 is 0 Å². The highest BCUT2D eigenvalue weighted by atomic mass is 16.3. The van der Waals surface area contributed by atoms with Gasteiger partial charge in [0.05, 0.1) is 5.69 Å². The van der Waals surface area contributed by atoms with Crippen LogP contribution in [0, 0.1) is 11.8 Å². The second kappa shape index (κ2) is 9.26. The van der Waals surface area contributed by atoms with Gasteiger partial charge in [-0.2, -0.15) is 0 Å². The molecular formula is C17H24N2O4. The highest BCUT2D eigenvalue weighted by Gasteiger charge is 2.38. The quantitative estimate of drug-likeness (QED) is 0.395. The molecule has 6 heteroatoms. The van der Waals surface area contributed by atoms with Gasteiger partial charge in [0, 0.05) is 26.4 Å². The van der Waals surface area contributed by atoms with Crippen molar-refractivity contribution in [3.8, 4) is 11.8 Å². The van der Waals surface area contributed by atoms with E-state index in [0.717, 1.165) is 24.2 Å². The van der Waals surface area contributed by atoms with Gasteiger partial charge in [-0.15, -0.1) is 0 Å². The molecule has 0 aliphatic heterocycles. The third kappa shape index (κ3) is 5.03. The Balaban J connectivity index is 3.16. The normalized spacial score (nSPS) is 12.9. The van der Waals surface area contributed by atoms with E-state index in [1.807, 2.05) is 0 Å². The average molecular weight is 320 g/mol. The van der Waals surface area contributed by atoms with E-state index in [-0.39, 0.29) is 18.7 Å². The molecule has 1 unspecified atom stereocenters. The van der Waals surface area contributed by atoms with E-state index in [1.165, 1.54) is 6.92 Å². The van der Waals surface area contributed by atoms with Crippen LogP contribution in [0.25, 0.3) is 0 Å². The van der Waals surface area contributed by atoms with E-state index in [9.17, 15) is 20.1 Å². The number of hydrogen-bond donors (Lipinski definition) is 3. The highest BCUT2D eigenvalue weighted by molar-refractivity contribution is 5.74. The van der Waals surface area contributed by atoms with Crippen LogP contribution in [-0.2, 0) is 10.5 Å². The Labute approximate surface area is 136 Å². The summed E-state index contributed by atoms with van der Waals surface area (Å²) in [7, 11) is 0. The van der Waals surface area contributed by atoms with Crippen LogP contribution in [-0.4, -0.2) is 44.4 Å². The van der Waals surface area contributed by atoms with Gasteiger partial charge >= 0.3 is 0 Å². The van der Waals surface area contributed by atoms with Crippen molar-refractivity contribution < 1.29 is 20.1 Å². The van der Waals surface area contributed by atoms with Gasteiger partial charge in [-0.3, -0.25) is 9.69 Å². The topological polar surface area (TPSA) is 93.9 Å². The molecule has 0 bridgehead atoms. The van der Waals surface area contributed by atoms with Gasteiger partial charge in [-0.1, -0.05) is 25.3 Å². The molecule has 0 saturated heterocycles. The minimum absolute atomic E-state index is 0.160. The molecule has 0 radical (unpaired) electrons. The van der Waals surface area contributed by atoms with Crippen LogP contribution in [0.3, 0.4) is 0 Å². The summed E-state index contributed by atoms with van der Waals surface area (Å²) in [6.45, 7) is 2.27. The van der Waals surface area contributed by atoms with Crippen molar-refractivity contribution in [3.63, 3.8) is 0 Å². The lowest BCUT2D eigenvalue weighted by atomic mass is 10.0. The maximum Gasteiger partial charge on any atom is 0.223 e. The van der Waals surface area contributed by atoms with E-state index in [4.69, 9.17) is 0 Å². The van der Waals surface area contributed by atoms with Crippen molar-refractivity contribution in [2.24, 2.45) is 0 Å². The Bertz CT molecular complexity index is 579. The zero-order valence-electron chi connectivity index (χ0n) is 13.6. The lowest BCUT2D eigenvalue weighted by Gasteiger charge is -2.37. The predicted molar refractivity (Wildman–Crippen MR) is 85.8 cm³/mol. The predicted octanol–water partition coefficient (Wildman–Crippen LogP) is 0.949. The van der Waals surface area contributed by atoms with E-state index in [1.54, 1.807) is 18.2 Å². The minimum Gasteiger partial charge on any atom is -0.396 e. The molecule has 0 spiro atoms. The Hall–Kier alpha value is -1.94. The minimum atomic E-state index is -1.88. The number of rotatable bonds is 7. The van der Waals surface area contributed by atoms with E-state index >= 15 is 0 Å². The molecule has 23 heavy (non-hydrogen) atoms. The molecular weight excluding hydrogens is 296 g/mol. The average Bonchev–Trinajstić information content (AvgIpc) is 2.52. The Morgan fingerprint density at radius 1 is 1.39 bits per heavy atom. The molecule has 1 aromatic rings. The summed E-state index contributed by atoms with van der Waals surface area (Å²) in [5.41, 5.74) is -1.24. The highest BCUT2D eigenvalue weighted by Crippen LogP contribution is 2.28. The third-order valence-electron chi connectivity index (χ3n) is 3.46. The van der Waals surface area contributed by atoms with Gasteiger partial charge in [0.25, 0.3) is 0 Å². The van der Waals surface area contributed by atoms with Crippen LogP contribution < -0.4 is 0 Å². The summed E-state index contributed by atoms with van der Waals surface area (Å²) in [4.78, 5) is 16.8. The number of aromatic nitrogens is 1. The van der Waals surface area contributed by atoms with Gasteiger partial charge in [-0.25, -0.2) is 4.98 Å². The Morgan fingerprint density at radius 3 is 2.70 bits per heavy atom. The Kier molecular flexibility index (Phi) is 7.69. The molecule has 0 aliphatic carbocycles. The summed E-state index contributed by atoms with van der Waals surface area (Å²) in [5.74, 6) is 5.40. The number of pyridine rings is 1. The maximum atomic E-state index is 11.7. The number of aliphatic hydroxyl groups excluding tert-OH is 2. The molecule has 3 N–H and O–H groups in total. The monoisotopic (exact) mass is 320 g/mol. The fraction of sp³-hybridized carbons (Fsp3) is 0.529. The van der Waals surface area contributed by atoms with Crippen molar-refractivity contribution in [2.75, 3.05) is 13.3 Å². The standard InChI is InChI=1S/C17H24N2O4/c1-3-4-5-6-8-15-9-7-10-16(18-15)17(23,11-12-20)19(13-21)14(2)22/h7,9-10,20-21,23H,3-5,11-13H2,1-2H3. The molecule has 1 heterocycles. The maximum absolute atomic E-state index is 11.7. The molecule has 0 saturated carbocycles. The van der Waals surface area contributed by atoms with Crippen LogP contribution in [0.2, 0.25) is 0 Å². The van der Waals surface area contributed by atoms with Crippen molar-refractivity contribution >= 4 is 5.91 Å². The molecule has 126 valence electrons. The second-order valence-corrected chi connectivity index (χ2v) is 5.19. The number of carbonyl (C=O) groups is 1. The number of amides is 1. The van der Waals surface area contributed by atoms with Crippen LogP contribution in [0.5, 0.6) is 0 Å². The lowest BCUT2D eigenvalue weighted by molar-refractivity contribution is -0.179. The zero-order valence-corrected chi connectivity index (χ0v) is 13.6. The number of unbranched alkanes of at least 4 members (excludes halogenated alkanes) is 2. The third-order valence-corrected chi connectivity index (χ3v) is 3.46. The summed E-state index contributed by atoms with van der Waals surface area (Å²) in [5, 5.41) is 29.4. The summed E-state index contributed by atoms with van der Waals surface area (Å²) in [6, 6.07) is 4.92. The molecule has 6 nitrogen and oxygen atoms in total. The van der Waals surface area contributed by atoms with Crippen molar-refractivity contribution in [2.45, 2.75) is 45.3 Å². The first-order valence-electron chi connectivity index (χ1n) is 7.68. The zero-order chi connectivity index (χ0) is 17.3. The van der Waals surface area contributed by atoms with E-state index < -0.39 is 18.4 Å². The molecule has 1 amide bonds. The van der Waals surface area contributed by atoms with E-state index in [2.05, 4.69) is 23.7 Å². The van der Waals surface area contributed by atoms with Gasteiger partial charge < -0.3 is 15.3 Å². The first-order chi connectivity index (χ1) is 11.0. The number of aliphatic hydroxyl groups is 3. The molecule has 1 aromatic heterocycles. The van der Waals surface area contributed by atoms with Gasteiger partial charge in [0.1, 0.15) is 12.4 Å². The van der Waals surface area contributed by atoms with Crippen LogP contribution in [0.4, 0.5) is 0 Å². The Morgan fingerprint density at radius 2 is 2.13 bits per heavy atom. The van der Waals surface area contributed by atoms with Crippen LogP contribution in [0.15, 0.2) is 18.2 Å². The summed E-state index contributed by atoms with van der Waals surface area (Å²) < 4.78 is 0. The van der Waals surface area contributed by atoms with Gasteiger partial charge in [-0.05, 0) is 24.5 Å². The first-order valence-corrected chi connectivity index (χ1v) is 7.68. The first kappa shape index (κ1) is 19.1. The van der Waals surface area contributed by atoms with Gasteiger partial charge in [0.15, 0.2) is 5.72 Å². The molecule has 0 aromatic carbocycles. The van der Waals surface area contributed by atoms with Crippen molar-refractivity contribution in [3.05, 3.63) is 29.6 Å². The molecule has 0 aliphatic rings. The lowest BCUT2D eigenvalue weighted by Crippen LogP contribution is -2.50. The molecule has 0 fully saturated rings. The smallest absolute Gasteiger partial charge is 0.223 e. The van der Waals surface area contributed by atoms with Crippen molar-refractivity contribution in [1.29, 1.82) is 0 Å². The van der Waals surface area contributed by atoms with E-state index in [0.29, 0.717) is 5.69 Å². The number of carbonyl (C=O) groups excluding carboxylic acids is 1. The molecule has 1 rings (SSSR count). The van der Waals surface area contributed by atoms with Crippen molar-refractivity contribution in [1.82, 2.24) is 9.88 Å². The fourth-order valence-electron chi connectivity index (χ4n) is 2.18. The van der Waals surface area contributed by atoms with Gasteiger partial charge in [0.2, 0.25) is 5.91 Å². The summed E-state index contributed by atoms with van der Waals surface area (Å²) >= 11 is 0. The second-order valence-electron chi connectivity index (χ2n) is 5.19. The fourth-order valence-corrected chi connectivity index (χ4v) is 2.18. The number of hydrogen-bond acceptors (Lipinski definition) is 5. The number of nitrogens with zero attached hydrogens (tertiary/aromatic N) is 2. The summed E-state index contributed by atoms with van der Waals surface area (Å²) in [6.07, 6.45) is 2.67. The molecule has 1 atom stereocenters. The van der Waals surface area contributed by atoms with Crippen LogP contribution in [0.1, 0.15) is 50.9 Å². The largest absolute Gasteiger partial charge is 0.396 e. The SMILES string of the molecule is CCCCC#Cc1cccc(C(O)(CCO)N(CO)C(C)=O)n1.